The first-order chi connectivity index (χ1) is 15.4. The fourth-order valence-electron chi connectivity index (χ4n) is 3.46. The van der Waals surface area contributed by atoms with E-state index in [1.165, 1.54) is 0 Å². The fourth-order valence-corrected chi connectivity index (χ4v) is 3.46. The van der Waals surface area contributed by atoms with E-state index in [1.54, 1.807) is 34.9 Å². The molecule has 164 valence electrons. The maximum Gasteiger partial charge on any atom is 0.255 e. The van der Waals surface area contributed by atoms with Gasteiger partial charge in [-0.3, -0.25) is 9.78 Å². The molecule has 0 aliphatic heterocycles. The number of anilines is 1. The fraction of sp³-hybridized carbons (Fsp3) is 0.250. The Labute approximate surface area is 187 Å². The molecule has 2 N–H and O–H groups in total. The van der Waals surface area contributed by atoms with E-state index in [1.807, 2.05) is 49.5 Å². The van der Waals surface area contributed by atoms with Crippen molar-refractivity contribution in [3.05, 3.63) is 77.7 Å². The number of rotatable bonds is 7. The first-order valence-electron chi connectivity index (χ1n) is 10.5. The molecule has 3 heterocycles. The van der Waals surface area contributed by atoms with E-state index in [0.29, 0.717) is 30.0 Å². The maximum atomic E-state index is 12.6. The first-order valence-corrected chi connectivity index (χ1v) is 10.5. The molecule has 3 aromatic heterocycles. The van der Waals surface area contributed by atoms with Gasteiger partial charge in [0.05, 0.1) is 11.3 Å². The molecule has 0 atom stereocenters. The van der Waals surface area contributed by atoms with Crippen molar-refractivity contribution in [2.75, 3.05) is 40.0 Å². The van der Waals surface area contributed by atoms with E-state index >= 15 is 0 Å². The Bertz CT molecular complexity index is 1220. The van der Waals surface area contributed by atoms with Crippen LogP contribution in [0.3, 0.4) is 0 Å². The minimum Gasteiger partial charge on any atom is -0.382 e. The second-order valence-electron chi connectivity index (χ2n) is 8.10. The number of fused-ring (bicyclic) bond motifs is 1. The lowest BCUT2D eigenvalue weighted by Crippen LogP contribution is -2.33. The highest BCUT2D eigenvalue weighted by Crippen LogP contribution is 2.23. The summed E-state index contributed by atoms with van der Waals surface area (Å²) in [6, 6.07) is 13.7. The van der Waals surface area contributed by atoms with Gasteiger partial charge in [-0.1, -0.05) is 30.3 Å². The number of aromatic nitrogens is 4. The van der Waals surface area contributed by atoms with Crippen LogP contribution in [0.15, 0.2) is 61.1 Å². The molecule has 0 aliphatic carbocycles. The van der Waals surface area contributed by atoms with Gasteiger partial charge < -0.3 is 15.5 Å². The van der Waals surface area contributed by atoms with E-state index in [9.17, 15) is 4.79 Å². The SMILES string of the molecule is CN(C)CCN(C)C(=O)c1ccc(-c2cnc3c(Cc4ccccc4)c(N)nn3c2)nc1. The van der Waals surface area contributed by atoms with Crippen LogP contribution in [-0.4, -0.2) is 69.5 Å². The van der Waals surface area contributed by atoms with Gasteiger partial charge in [0.2, 0.25) is 0 Å². The van der Waals surface area contributed by atoms with Gasteiger partial charge in [0.15, 0.2) is 11.5 Å². The molecule has 0 bridgehead atoms. The summed E-state index contributed by atoms with van der Waals surface area (Å²) in [5.41, 5.74) is 11.0. The number of carbonyl (C=O) groups is 1. The second kappa shape index (κ2) is 9.15. The lowest BCUT2D eigenvalue weighted by Gasteiger charge is -2.19. The van der Waals surface area contributed by atoms with Crippen molar-refractivity contribution in [2.45, 2.75) is 6.42 Å². The summed E-state index contributed by atoms with van der Waals surface area (Å²) >= 11 is 0. The third-order valence-corrected chi connectivity index (χ3v) is 5.36. The third-order valence-electron chi connectivity index (χ3n) is 5.36. The monoisotopic (exact) mass is 429 g/mol. The number of nitrogens with zero attached hydrogens (tertiary/aromatic N) is 6. The molecule has 0 radical (unpaired) electrons. The predicted octanol–water partition coefficient (Wildman–Crippen LogP) is 2.60. The number of hydrogen-bond donors (Lipinski definition) is 1. The van der Waals surface area contributed by atoms with Crippen LogP contribution in [0.25, 0.3) is 16.9 Å². The van der Waals surface area contributed by atoms with Crippen molar-refractivity contribution in [3.63, 3.8) is 0 Å². The lowest BCUT2D eigenvalue weighted by atomic mass is 10.1. The van der Waals surface area contributed by atoms with Gasteiger partial charge in [-0.25, -0.2) is 9.50 Å². The molecule has 32 heavy (non-hydrogen) atoms. The molecule has 8 heteroatoms. The van der Waals surface area contributed by atoms with E-state index in [0.717, 1.165) is 28.9 Å². The summed E-state index contributed by atoms with van der Waals surface area (Å²) in [6.45, 7) is 1.46. The van der Waals surface area contributed by atoms with Crippen LogP contribution in [0.5, 0.6) is 0 Å². The zero-order chi connectivity index (χ0) is 22.7. The van der Waals surface area contributed by atoms with Crippen molar-refractivity contribution in [3.8, 4) is 11.3 Å². The molecular formula is C24H27N7O. The molecule has 1 aromatic carbocycles. The van der Waals surface area contributed by atoms with Crippen LogP contribution in [0, 0.1) is 0 Å². The molecule has 0 fully saturated rings. The van der Waals surface area contributed by atoms with Gasteiger partial charge in [0, 0.05) is 56.3 Å². The number of pyridine rings is 1. The lowest BCUT2D eigenvalue weighted by molar-refractivity contribution is 0.0786. The van der Waals surface area contributed by atoms with Crippen LogP contribution in [0.2, 0.25) is 0 Å². The largest absolute Gasteiger partial charge is 0.382 e. The van der Waals surface area contributed by atoms with Gasteiger partial charge in [-0.2, -0.15) is 0 Å². The van der Waals surface area contributed by atoms with Crippen molar-refractivity contribution in [1.82, 2.24) is 29.4 Å². The maximum absolute atomic E-state index is 12.6. The van der Waals surface area contributed by atoms with E-state index in [4.69, 9.17) is 5.73 Å². The van der Waals surface area contributed by atoms with Gasteiger partial charge >= 0.3 is 0 Å². The molecular weight excluding hydrogens is 402 g/mol. The number of nitrogens with two attached hydrogens (primary N) is 1. The zero-order valence-electron chi connectivity index (χ0n) is 18.6. The van der Waals surface area contributed by atoms with E-state index in [-0.39, 0.29) is 5.91 Å². The number of likely N-dealkylation sites (N-methyl/N-ethyl adjacent to an activating group) is 2. The highest BCUT2D eigenvalue weighted by Gasteiger charge is 2.15. The standard InChI is InChI=1S/C24H27N7O/c1-29(2)11-12-30(3)24(32)18-9-10-21(26-14-18)19-15-27-23-20(22(25)28-31(23)16-19)13-17-7-5-4-6-8-17/h4-10,14-16H,11-13H2,1-3H3,(H2,25,28). The Morgan fingerprint density at radius 2 is 1.78 bits per heavy atom. The van der Waals surface area contributed by atoms with Crippen LogP contribution in [0.1, 0.15) is 21.5 Å². The number of amides is 1. The molecule has 4 rings (SSSR count). The molecule has 8 nitrogen and oxygen atoms in total. The van der Waals surface area contributed by atoms with Crippen molar-refractivity contribution < 1.29 is 4.79 Å². The summed E-state index contributed by atoms with van der Waals surface area (Å²) in [7, 11) is 5.77. The minimum absolute atomic E-state index is 0.0510. The average Bonchev–Trinajstić information content (AvgIpc) is 3.12. The van der Waals surface area contributed by atoms with E-state index in [2.05, 4.69) is 27.2 Å². The molecule has 0 saturated carbocycles. The molecule has 4 aromatic rings. The third kappa shape index (κ3) is 4.60. The molecule has 0 aliphatic rings. The summed E-state index contributed by atoms with van der Waals surface area (Å²) in [6.07, 6.45) is 5.89. The zero-order valence-corrected chi connectivity index (χ0v) is 18.6. The van der Waals surface area contributed by atoms with Crippen molar-refractivity contribution >= 4 is 17.4 Å². The smallest absolute Gasteiger partial charge is 0.255 e. The van der Waals surface area contributed by atoms with Gasteiger partial charge in [0.25, 0.3) is 5.91 Å². The Balaban J connectivity index is 1.54. The second-order valence-corrected chi connectivity index (χ2v) is 8.10. The first kappa shape index (κ1) is 21.5. The molecule has 1 amide bonds. The highest BCUT2D eigenvalue weighted by atomic mass is 16.2. The summed E-state index contributed by atoms with van der Waals surface area (Å²) in [5, 5.41) is 4.44. The topological polar surface area (TPSA) is 92.6 Å². The summed E-state index contributed by atoms with van der Waals surface area (Å²) in [5.74, 6) is 0.415. The quantitative estimate of drug-likeness (QED) is 0.485. The Kier molecular flexibility index (Phi) is 6.13. The van der Waals surface area contributed by atoms with E-state index < -0.39 is 0 Å². The Morgan fingerprint density at radius 1 is 1.00 bits per heavy atom. The van der Waals surface area contributed by atoms with Gasteiger partial charge in [0.1, 0.15) is 0 Å². The number of hydrogen-bond acceptors (Lipinski definition) is 6. The van der Waals surface area contributed by atoms with Crippen LogP contribution in [0.4, 0.5) is 5.82 Å². The van der Waals surface area contributed by atoms with Crippen molar-refractivity contribution in [2.24, 2.45) is 0 Å². The van der Waals surface area contributed by atoms with Gasteiger partial charge in [-0.15, -0.1) is 5.10 Å². The minimum atomic E-state index is -0.0510. The predicted molar refractivity (Wildman–Crippen MR) is 125 cm³/mol. The van der Waals surface area contributed by atoms with Crippen LogP contribution < -0.4 is 5.73 Å². The number of nitrogen functional groups attached to an aromatic ring is 1. The Morgan fingerprint density at radius 3 is 2.47 bits per heavy atom. The highest BCUT2D eigenvalue weighted by molar-refractivity contribution is 5.94. The van der Waals surface area contributed by atoms with Crippen LogP contribution in [-0.2, 0) is 6.42 Å². The summed E-state index contributed by atoms with van der Waals surface area (Å²) in [4.78, 5) is 25.4. The molecule has 0 unspecified atom stereocenters. The number of benzene rings is 1. The Hall–Kier alpha value is -3.78. The average molecular weight is 430 g/mol. The molecule has 0 saturated heterocycles. The summed E-state index contributed by atoms with van der Waals surface area (Å²) < 4.78 is 1.69. The number of carbonyl (C=O) groups excluding carboxylic acids is 1. The van der Waals surface area contributed by atoms with Crippen molar-refractivity contribution in [1.29, 1.82) is 0 Å². The van der Waals surface area contributed by atoms with Crippen LogP contribution >= 0.6 is 0 Å². The molecule has 0 spiro atoms. The van der Waals surface area contributed by atoms with Gasteiger partial charge in [-0.05, 0) is 31.8 Å². The normalized spacial score (nSPS) is 11.2.